The highest BCUT2D eigenvalue weighted by Crippen LogP contribution is 2.23. The standard InChI is InChI=1S/C17H19N3O/c1-12(2)18-10-9-16-19-20-17(21-16)15-8-7-13-5-3-4-6-14(13)11-15/h3-8,11-12,18H,9-10H2,1-2H3. The summed E-state index contributed by atoms with van der Waals surface area (Å²) in [4.78, 5) is 0. The van der Waals surface area contributed by atoms with E-state index in [2.05, 4.69) is 53.6 Å². The van der Waals surface area contributed by atoms with E-state index in [1.807, 2.05) is 18.2 Å². The van der Waals surface area contributed by atoms with Crippen LogP contribution in [0.2, 0.25) is 0 Å². The van der Waals surface area contributed by atoms with E-state index < -0.39 is 0 Å². The molecule has 1 N–H and O–H groups in total. The number of hydrogen-bond donors (Lipinski definition) is 1. The second kappa shape index (κ2) is 6.06. The molecule has 21 heavy (non-hydrogen) atoms. The quantitative estimate of drug-likeness (QED) is 0.778. The topological polar surface area (TPSA) is 51.0 Å². The van der Waals surface area contributed by atoms with E-state index in [0.29, 0.717) is 17.8 Å². The van der Waals surface area contributed by atoms with Crippen LogP contribution in [0.4, 0.5) is 0 Å². The Morgan fingerprint density at radius 1 is 1.05 bits per heavy atom. The average Bonchev–Trinajstić information content (AvgIpc) is 2.95. The fourth-order valence-electron chi connectivity index (χ4n) is 2.26. The van der Waals surface area contributed by atoms with Gasteiger partial charge in [-0.15, -0.1) is 10.2 Å². The summed E-state index contributed by atoms with van der Waals surface area (Å²) in [5.41, 5.74) is 0.962. The van der Waals surface area contributed by atoms with Crippen LogP contribution in [0.1, 0.15) is 19.7 Å². The number of nitrogens with one attached hydrogen (secondary N) is 1. The van der Waals surface area contributed by atoms with E-state index in [1.165, 1.54) is 10.8 Å². The molecule has 0 amide bonds. The maximum atomic E-state index is 5.74. The Hall–Kier alpha value is -2.20. The Morgan fingerprint density at radius 3 is 2.67 bits per heavy atom. The molecule has 0 aliphatic carbocycles. The molecule has 0 radical (unpaired) electrons. The first kappa shape index (κ1) is 13.8. The van der Waals surface area contributed by atoms with Gasteiger partial charge in [0.05, 0.1) is 0 Å². The fraction of sp³-hybridized carbons (Fsp3) is 0.294. The monoisotopic (exact) mass is 281 g/mol. The molecule has 0 fully saturated rings. The predicted octanol–water partition coefficient (Wildman–Crippen LogP) is 3.43. The third-order valence-corrected chi connectivity index (χ3v) is 3.35. The fourth-order valence-corrected chi connectivity index (χ4v) is 2.26. The molecule has 1 aromatic heterocycles. The van der Waals surface area contributed by atoms with Crippen LogP contribution in [-0.2, 0) is 6.42 Å². The number of rotatable bonds is 5. The summed E-state index contributed by atoms with van der Waals surface area (Å²) < 4.78 is 5.74. The summed E-state index contributed by atoms with van der Waals surface area (Å²) in [6, 6.07) is 14.9. The highest BCUT2D eigenvalue weighted by molar-refractivity contribution is 5.86. The second-order valence-electron chi connectivity index (χ2n) is 5.42. The van der Waals surface area contributed by atoms with Gasteiger partial charge in [0.1, 0.15) is 0 Å². The molecule has 0 spiro atoms. The molecule has 0 unspecified atom stereocenters. The number of hydrogen-bond acceptors (Lipinski definition) is 4. The molecule has 4 nitrogen and oxygen atoms in total. The van der Waals surface area contributed by atoms with Crippen molar-refractivity contribution in [2.24, 2.45) is 0 Å². The first-order valence-electron chi connectivity index (χ1n) is 7.27. The molecule has 0 aliphatic rings. The largest absolute Gasteiger partial charge is 0.421 e. The lowest BCUT2D eigenvalue weighted by molar-refractivity contribution is 0.484. The molecule has 0 bridgehead atoms. The van der Waals surface area contributed by atoms with Gasteiger partial charge in [-0.1, -0.05) is 44.2 Å². The highest BCUT2D eigenvalue weighted by atomic mass is 16.4. The summed E-state index contributed by atoms with van der Waals surface area (Å²) in [5, 5.41) is 14.0. The maximum Gasteiger partial charge on any atom is 0.247 e. The van der Waals surface area contributed by atoms with Gasteiger partial charge in [-0.05, 0) is 22.9 Å². The lowest BCUT2D eigenvalue weighted by atomic mass is 10.1. The van der Waals surface area contributed by atoms with Crippen LogP contribution in [0.25, 0.3) is 22.2 Å². The van der Waals surface area contributed by atoms with Crippen molar-refractivity contribution >= 4 is 10.8 Å². The van der Waals surface area contributed by atoms with Gasteiger partial charge in [0.2, 0.25) is 11.8 Å². The maximum absolute atomic E-state index is 5.74. The van der Waals surface area contributed by atoms with Crippen molar-refractivity contribution < 1.29 is 4.42 Å². The van der Waals surface area contributed by atoms with E-state index in [4.69, 9.17) is 4.42 Å². The van der Waals surface area contributed by atoms with Crippen LogP contribution in [0.5, 0.6) is 0 Å². The number of aromatic nitrogens is 2. The Kier molecular flexibility index (Phi) is 3.97. The van der Waals surface area contributed by atoms with Crippen molar-refractivity contribution in [1.82, 2.24) is 15.5 Å². The summed E-state index contributed by atoms with van der Waals surface area (Å²) in [6.45, 7) is 5.08. The van der Waals surface area contributed by atoms with Gasteiger partial charge in [0.15, 0.2) is 0 Å². The summed E-state index contributed by atoms with van der Waals surface area (Å²) in [5.74, 6) is 1.26. The summed E-state index contributed by atoms with van der Waals surface area (Å²) >= 11 is 0. The van der Waals surface area contributed by atoms with E-state index >= 15 is 0 Å². The first-order valence-corrected chi connectivity index (χ1v) is 7.27. The van der Waals surface area contributed by atoms with Crippen molar-refractivity contribution in [2.75, 3.05) is 6.54 Å². The molecule has 108 valence electrons. The molecule has 3 rings (SSSR count). The van der Waals surface area contributed by atoms with Gasteiger partial charge in [-0.3, -0.25) is 0 Å². The Bertz CT molecular complexity index is 733. The van der Waals surface area contributed by atoms with Crippen molar-refractivity contribution in [3.8, 4) is 11.5 Å². The van der Waals surface area contributed by atoms with Crippen molar-refractivity contribution in [2.45, 2.75) is 26.3 Å². The highest BCUT2D eigenvalue weighted by Gasteiger charge is 2.09. The molecule has 2 aromatic carbocycles. The van der Waals surface area contributed by atoms with E-state index in [-0.39, 0.29) is 0 Å². The molecule has 0 aliphatic heterocycles. The summed E-state index contributed by atoms with van der Waals surface area (Å²) in [7, 11) is 0. The first-order chi connectivity index (χ1) is 10.2. The van der Waals surface area contributed by atoms with Crippen LogP contribution < -0.4 is 5.32 Å². The lowest BCUT2D eigenvalue weighted by Gasteiger charge is -2.04. The predicted molar refractivity (Wildman–Crippen MR) is 84.1 cm³/mol. The molecule has 0 saturated heterocycles. The zero-order valence-corrected chi connectivity index (χ0v) is 12.3. The lowest BCUT2D eigenvalue weighted by Crippen LogP contribution is -2.25. The minimum atomic E-state index is 0.466. The van der Waals surface area contributed by atoms with Gasteiger partial charge in [0, 0.05) is 24.6 Å². The van der Waals surface area contributed by atoms with Crippen molar-refractivity contribution in [1.29, 1.82) is 0 Å². The Morgan fingerprint density at radius 2 is 1.86 bits per heavy atom. The van der Waals surface area contributed by atoms with Crippen LogP contribution in [-0.4, -0.2) is 22.8 Å². The van der Waals surface area contributed by atoms with Gasteiger partial charge in [0.25, 0.3) is 0 Å². The van der Waals surface area contributed by atoms with Crippen LogP contribution in [0.3, 0.4) is 0 Å². The third kappa shape index (κ3) is 3.28. The molecule has 3 aromatic rings. The summed E-state index contributed by atoms with van der Waals surface area (Å²) in [6.07, 6.45) is 0.749. The molecule has 0 saturated carbocycles. The Balaban J connectivity index is 1.77. The van der Waals surface area contributed by atoms with Crippen molar-refractivity contribution in [3.63, 3.8) is 0 Å². The van der Waals surface area contributed by atoms with Crippen LogP contribution in [0, 0.1) is 0 Å². The smallest absolute Gasteiger partial charge is 0.247 e. The van der Waals surface area contributed by atoms with Gasteiger partial charge in [-0.2, -0.15) is 0 Å². The van der Waals surface area contributed by atoms with Gasteiger partial charge >= 0.3 is 0 Å². The normalized spacial score (nSPS) is 11.4. The van der Waals surface area contributed by atoms with E-state index in [1.54, 1.807) is 0 Å². The van der Waals surface area contributed by atoms with E-state index in [9.17, 15) is 0 Å². The molecular weight excluding hydrogens is 262 g/mol. The zero-order valence-electron chi connectivity index (χ0n) is 12.3. The third-order valence-electron chi connectivity index (χ3n) is 3.35. The number of fused-ring (bicyclic) bond motifs is 1. The second-order valence-corrected chi connectivity index (χ2v) is 5.42. The minimum absolute atomic E-state index is 0.466. The molecule has 4 heteroatoms. The molecular formula is C17H19N3O. The minimum Gasteiger partial charge on any atom is -0.421 e. The number of benzene rings is 2. The SMILES string of the molecule is CC(C)NCCc1nnc(-c2ccc3ccccc3c2)o1. The van der Waals surface area contributed by atoms with Crippen LogP contribution in [0.15, 0.2) is 46.9 Å². The average molecular weight is 281 g/mol. The zero-order chi connectivity index (χ0) is 14.7. The van der Waals surface area contributed by atoms with E-state index in [0.717, 1.165) is 18.5 Å². The van der Waals surface area contributed by atoms with Crippen molar-refractivity contribution in [3.05, 3.63) is 48.4 Å². The van der Waals surface area contributed by atoms with Crippen LogP contribution >= 0.6 is 0 Å². The molecule has 0 atom stereocenters. The number of nitrogens with zero attached hydrogens (tertiary/aromatic N) is 2. The molecule has 1 heterocycles. The van der Waals surface area contributed by atoms with Gasteiger partial charge in [-0.25, -0.2) is 0 Å². The Labute approximate surface area is 124 Å². The van der Waals surface area contributed by atoms with Gasteiger partial charge < -0.3 is 9.73 Å².